The highest BCUT2D eigenvalue weighted by atomic mass is 16.6. The number of nitro groups is 1. The largest absolute Gasteiger partial charge is 0.299 e. The van der Waals surface area contributed by atoms with Crippen LogP contribution in [-0.2, 0) is 4.79 Å². The van der Waals surface area contributed by atoms with Gasteiger partial charge in [0.15, 0.2) is 0 Å². The molecule has 0 bridgehead atoms. The Hall–Kier alpha value is -1.75. The van der Waals surface area contributed by atoms with Crippen molar-refractivity contribution in [1.82, 2.24) is 4.90 Å². The van der Waals surface area contributed by atoms with Crippen LogP contribution in [0, 0.1) is 10.1 Å². The van der Waals surface area contributed by atoms with Crippen molar-refractivity contribution in [3.8, 4) is 0 Å². The average molecular weight is 250 g/mol. The van der Waals surface area contributed by atoms with E-state index in [4.69, 9.17) is 0 Å². The lowest BCUT2D eigenvalue weighted by molar-refractivity contribution is -0.484. The van der Waals surface area contributed by atoms with E-state index in [1.165, 1.54) is 6.92 Å². The minimum atomic E-state index is -0.474. The van der Waals surface area contributed by atoms with Crippen molar-refractivity contribution in [3.05, 3.63) is 46.0 Å². The lowest BCUT2D eigenvalue weighted by Crippen LogP contribution is -2.42. The molecule has 2 atom stereocenters. The van der Waals surface area contributed by atoms with Crippen molar-refractivity contribution < 1.29 is 9.72 Å². The second-order valence-corrected chi connectivity index (χ2v) is 4.55. The third kappa shape index (κ3) is 3.63. The first-order valence-electron chi connectivity index (χ1n) is 5.77. The molecular weight excluding hydrogens is 232 g/mol. The van der Waals surface area contributed by atoms with Crippen LogP contribution in [-0.4, -0.2) is 42.3 Å². The van der Waals surface area contributed by atoms with Crippen LogP contribution in [0.2, 0.25) is 0 Å². The van der Waals surface area contributed by atoms with Gasteiger partial charge in [0, 0.05) is 4.92 Å². The Balaban J connectivity index is 3.11. The standard InChI is InChI=1S/C13H18N2O3/c1-10(16)13(14(2)3)12(9-15(17)18)11-7-5-4-6-8-11/h4-8,12-13H,9H2,1-3H3/t12-,13+/m0/s1. The number of carbonyl (C=O) groups excluding carboxylic acids is 1. The van der Waals surface area contributed by atoms with Gasteiger partial charge in [0.05, 0.1) is 12.0 Å². The van der Waals surface area contributed by atoms with Gasteiger partial charge < -0.3 is 0 Å². The first-order valence-corrected chi connectivity index (χ1v) is 5.77. The number of rotatable bonds is 6. The van der Waals surface area contributed by atoms with E-state index in [9.17, 15) is 14.9 Å². The van der Waals surface area contributed by atoms with E-state index in [1.807, 2.05) is 30.3 Å². The zero-order valence-corrected chi connectivity index (χ0v) is 10.9. The molecule has 0 aliphatic rings. The van der Waals surface area contributed by atoms with Gasteiger partial charge in [-0.15, -0.1) is 0 Å². The Labute approximate surface area is 107 Å². The monoisotopic (exact) mass is 250 g/mol. The predicted molar refractivity (Wildman–Crippen MR) is 69.2 cm³/mol. The van der Waals surface area contributed by atoms with Crippen molar-refractivity contribution in [1.29, 1.82) is 0 Å². The summed E-state index contributed by atoms with van der Waals surface area (Å²) >= 11 is 0. The van der Waals surface area contributed by atoms with E-state index in [-0.39, 0.29) is 17.3 Å². The average Bonchev–Trinajstić information content (AvgIpc) is 2.27. The molecule has 5 nitrogen and oxygen atoms in total. The van der Waals surface area contributed by atoms with Crippen LogP contribution in [0.15, 0.2) is 30.3 Å². The highest BCUT2D eigenvalue weighted by Gasteiger charge is 2.32. The molecule has 0 unspecified atom stereocenters. The molecule has 1 aromatic carbocycles. The summed E-state index contributed by atoms with van der Waals surface area (Å²) in [6, 6.07) is 8.69. The molecule has 98 valence electrons. The number of ketones is 1. The maximum atomic E-state index is 11.7. The highest BCUT2D eigenvalue weighted by molar-refractivity contribution is 5.82. The molecule has 0 saturated carbocycles. The van der Waals surface area contributed by atoms with Gasteiger partial charge in [0.25, 0.3) is 0 Å². The Morgan fingerprint density at radius 3 is 2.28 bits per heavy atom. The van der Waals surface area contributed by atoms with Crippen LogP contribution in [0.25, 0.3) is 0 Å². The van der Waals surface area contributed by atoms with Gasteiger partial charge in [-0.2, -0.15) is 0 Å². The molecule has 0 aliphatic carbocycles. The van der Waals surface area contributed by atoms with E-state index in [1.54, 1.807) is 19.0 Å². The van der Waals surface area contributed by atoms with Crippen LogP contribution in [0.1, 0.15) is 18.4 Å². The molecule has 0 heterocycles. The van der Waals surface area contributed by atoms with Crippen molar-refractivity contribution in [2.24, 2.45) is 0 Å². The topological polar surface area (TPSA) is 63.4 Å². The van der Waals surface area contributed by atoms with E-state index >= 15 is 0 Å². The first-order chi connectivity index (χ1) is 8.43. The predicted octanol–water partition coefficient (Wildman–Crippen LogP) is 1.57. The minimum Gasteiger partial charge on any atom is -0.299 e. The third-order valence-corrected chi connectivity index (χ3v) is 2.93. The van der Waals surface area contributed by atoms with Gasteiger partial charge in [0.1, 0.15) is 5.78 Å². The van der Waals surface area contributed by atoms with E-state index in [0.717, 1.165) is 5.56 Å². The van der Waals surface area contributed by atoms with Crippen molar-refractivity contribution in [2.45, 2.75) is 18.9 Å². The van der Waals surface area contributed by atoms with Crippen LogP contribution in [0.5, 0.6) is 0 Å². The number of likely N-dealkylation sites (N-methyl/N-ethyl adjacent to an activating group) is 1. The molecule has 0 aliphatic heterocycles. The SMILES string of the molecule is CC(=O)[C@H]([C@@H](C[N+](=O)[O-])c1ccccc1)N(C)C. The summed E-state index contributed by atoms with van der Waals surface area (Å²) in [4.78, 5) is 23.9. The summed E-state index contributed by atoms with van der Waals surface area (Å²) in [7, 11) is 3.53. The second-order valence-electron chi connectivity index (χ2n) is 4.55. The van der Waals surface area contributed by atoms with E-state index < -0.39 is 12.0 Å². The fourth-order valence-corrected chi connectivity index (χ4v) is 2.26. The fraction of sp³-hybridized carbons (Fsp3) is 0.462. The summed E-state index contributed by atoms with van der Waals surface area (Å²) in [5, 5.41) is 10.8. The normalized spacial score (nSPS) is 14.2. The molecule has 0 aromatic heterocycles. The lowest BCUT2D eigenvalue weighted by atomic mass is 9.88. The molecule has 0 spiro atoms. The number of nitrogens with zero attached hydrogens (tertiary/aromatic N) is 2. The number of hydrogen-bond acceptors (Lipinski definition) is 4. The molecule has 18 heavy (non-hydrogen) atoms. The number of hydrogen-bond donors (Lipinski definition) is 0. The van der Waals surface area contributed by atoms with Crippen molar-refractivity contribution in [3.63, 3.8) is 0 Å². The zero-order chi connectivity index (χ0) is 13.7. The molecule has 1 rings (SSSR count). The van der Waals surface area contributed by atoms with Crippen LogP contribution >= 0.6 is 0 Å². The lowest BCUT2D eigenvalue weighted by Gasteiger charge is -2.28. The minimum absolute atomic E-state index is 0.0595. The van der Waals surface area contributed by atoms with Gasteiger partial charge in [-0.05, 0) is 26.6 Å². The zero-order valence-electron chi connectivity index (χ0n) is 10.9. The molecule has 1 aromatic rings. The maximum absolute atomic E-state index is 11.7. The van der Waals surface area contributed by atoms with Crippen LogP contribution < -0.4 is 0 Å². The quantitative estimate of drug-likeness (QED) is 0.568. The molecule has 0 radical (unpaired) electrons. The fourth-order valence-electron chi connectivity index (χ4n) is 2.26. The molecule has 0 fully saturated rings. The third-order valence-electron chi connectivity index (χ3n) is 2.93. The van der Waals surface area contributed by atoms with Gasteiger partial charge in [-0.1, -0.05) is 30.3 Å². The summed E-state index contributed by atoms with van der Waals surface area (Å²) < 4.78 is 0. The summed E-state index contributed by atoms with van der Waals surface area (Å²) in [5.41, 5.74) is 0.822. The first kappa shape index (κ1) is 14.3. The highest BCUT2D eigenvalue weighted by Crippen LogP contribution is 2.23. The molecule has 5 heteroatoms. The van der Waals surface area contributed by atoms with E-state index in [2.05, 4.69) is 0 Å². The number of benzene rings is 1. The number of Topliss-reactive ketones (excluding diaryl/α,β-unsaturated/α-hetero) is 1. The van der Waals surface area contributed by atoms with Gasteiger partial charge in [-0.25, -0.2) is 0 Å². The smallest absolute Gasteiger partial charge is 0.212 e. The Morgan fingerprint density at radius 2 is 1.89 bits per heavy atom. The summed E-state index contributed by atoms with van der Waals surface area (Å²) in [5.74, 6) is -0.482. The van der Waals surface area contributed by atoms with Crippen molar-refractivity contribution in [2.75, 3.05) is 20.6 Å². The molecule has 0 saturated heterocycles. The van der Waals surface area contributed by atoms with E-state index in [0.29, 0.717) is 0 Å². The van der Waals surface area contributed by atoms with Gasteiger partial charge in [0.2, 0.25) is 6.54 Å². The van der Waals surface area contributed by atoms with Gasteiger partial charge in [-0.3, -0.25) is 19.8 Å². The van der Waals surface area contributed by atoms with Gasteiger partial charge >= 0.3 is 0 Å². The Morgan fingerprint density at radius 1 is 1.33 bits per heavy atom. The number of carbonyl (C=O) groups is 1. The molecule has 0 N–H and O–H groups in total. The Bertz CT molecular complexity index is 418. The van der Waals surface area contributed by atoms with Crippen LogP contribution in [0.4, 0.5) is 0 Å². The second kappa shape index (κ2) is 6.26. The van der Waals surface area contributed by atoms with Crippen LogP contribution in [0.3, 0.4) is 0 Å². The molecule has 0 amide bonds. The molecular formula is C13H18N2O3. The maximum Gasteiger partial charge on any atom is 0.212 e. The van der Waals surface area contributed by atoms with Crippen molar-refractivity contribution >= 4 is 5.78 Å². The summed E-state index contributed by atoms with van der Waals surface area (Å²) in [6.45, 7) is 1.23. The summed E-state index contributed by atoms with van der Waals surface area (Å²) in [6.07, 6.45) is 0. The Kier molecular flexibility index (Phi) is 4.97.